The zero-order valence-electron chi connectivity index (χ0n) is 11.6. The van der Waals surface area contributed by atoms with Gasteiger partial charge >= 0.3 is 0 Å². The highest BCUT2D eigenvalue weighted by atomic mass is 16.3. The molecule has 20 heavy (non-hydrogen) atoms. The summed E-state index contributed by atoms with van der Waals surface area (Å²) in [5.41, 5.74) is 8.89. The molecule has 2 aromatic rings. The molecule has 6 nitrogen and oxygen atoms in total. The van der Waals surface area contributed by atoms with Crippen molar-refractivity contribution < 1.29 is 4.42 Å². The van der Waals surface area contributed by atoms with Gasteiger partial charge in [-0.15, -0.1) is 0 Å². The minimum atomic E-state index is 0.343. The molecule has 2 aliphatic rings. The van der Waals surface area contributed by atoms with Crippen LogP contribution in [0, 0.1) is 0 Å². The minimum absolute atomic E-state index is 0.343. The Bertz CT molecular complexity index is 665. The van der Waals surface area contributed by atoms with Gasteiger partial charge in [-0.1, -0.05) is 0 Å². The summed E-state index contributed by atoms with van der Waals surface area (Å²) < 4.78 is 6.04. The Labute approximate surface area is 117 Å². The van der Waals surface area contributed by atoms with Crippen molar-refractivity contribution in [1.29, 1.82) is 0 Å². The maximum atomic E-state index is 6.04. The van der Waals surface area contributed by atoms with E-state index in [9.17, 15) is 0 Å². The van der Waals surface area contributed by atoms with Crippen LogP contribution in [0.2, 0.25) is 0 Å². The molecule has 0 radical (unpaired) electrons. The van der Waals surface area contributed by atoms with Crippen molar-refractivity contribution in [2.45, 2.75) is 31.7 Å². The van der Waals surface area contributed by atoms with Crippen LogP contribution in [-0.4, -0.2) is 36.1 Å². The lowest BCUT2D eigenvalue weighted by molar-refractivity contribution is 0.554. The zero-order chi connectivity index (χ0) is 13.7. The maximum absolute atomic E-state index is 6.04. The number of hydrogen-bond acceptors (Lipinski definition) is 6. The number of nitrogens with two attached hydrogens (primary N) is 1. The first-order valence-electron chi connectivity index (χ1n) is 7.26. The number of nitrogen functional groups attached to an aromatic ring is 1. The Morgan fingerprint density at radius 1 is 1.35 bits per heavy atom. The molecule has 0 aromatic carbocycles. The number of furan rings is 1. The predicted octanol–water partition coefficient (Wildman–Crippen LogP) is 1.09. The Morgan fingerprint density at radius 2 is 2.25 bits per heavy atom. The van der Waals surface area contributed by atoms with Gasteiger partial charge in [-0.05, 0) is 26.3 Å². The molecule has 3 heterocycles. The second-order valence-electron chi connectivity index (χ2n) is 5.66. The standard InChI is InChI=1S/C14H19N5O/c1-16-8-5-6-19(7-8)13-12-11(17-14(15)18-13)9-3-2-4-10(9)20-12/h8,16H,2-7H2,1H3,(H2,15,17,18)/t8-/m1/s1. The lowest BCUT2D eigenvalue weighted by Gasteiger charge is -2.17. The van der Waals surface area contributed by atoms with E-state index in [0.29, 0.717) is 12.0 Å². The SMILES string of the molecule is CN[C@@H]1CCN(c2nc(N)nc3c4c(oc23)CCC4)C1. The highest BCUT2D eigenvalue weighted by molar-refractivity contribution is 5.89. The molecule has 0 saturated carbocycles. The van der Waals surface area contributed by atoms with Crippen molar-refractivity contribution >= 4 is 22.9 Å². The minimum Gasteiger partial charge on any atom is -0.455 e. The molecule has 106 valence electrons. The first-order valence-corrected chi connectivity index (χ1v) is 7.26. The van der Waals surface area contributed by atoms with E-state index in [1.807, 2.05) is 7.05 Å². The van der Waals surface area contributed by atoms with Crippen LogP contribution in [0.1, 0.15) is 24.2 Å². The fourth-order valence-corrected chi connectivity index (χ4v) is 3.36. The van der Waals surface area contributed by atoms with Crippen LogP contribution < -0.4 is 16.0 Å². The number of likely N-dealkylation sites (N-methyl/N-ethyl adjacent to an activating group) is 1. The monoisotopic (exact) mass is 273 g/mol. The molecule has 4 rings (SSSR count). The second-order valence-corrected chi connectivity index (χ2v) is 5.66. The normalized spacial score (nSPS) is 21.9. The molecule has 1 aliphatic carbocycles. The van der Waals surface area contributed by atoms with E-state index in [2.05, 4.69) is 20.2 Å². The number of rotatable bonds is 2. The fourth-order valence-electron chi connectivity index (χ4n) is 3.36. The topological polar surface area (TPSA) is 80.2 Å². The first kappa shape index (κ1) is 12.0. The third-order valence-corrected chi connectivity index (χ3v) is 4.44. The van der Waals surface area contributed by atoms with Crippen molar-refractivity contribution in [2.75, 3.05) is 30.8 Å². The molecule has 1 saturated heterocycles. The summed E-state index contributed by atoms with van der Waals surface area (Å²) in [6.07, 6.45) is 4.30. The van der Waals surface area contributed by atoms with Crippen LogP contribution in [0.3, 0.4) is 0 Å². The van der Waals surface area contributed by atoms with Gasteiger partial charge in [-0.25, -0.2) is 4.98 Å². The number of hydrogen-bond donors (Lipinski definition) is 2. The third kappa shape index (κ3) is 1.67. The van der Waals surface area contributed by atoms with E-state index < -0.39 is 0 Å². The molecule has 1 aliphatic heterocycles. The van der Waals surface area contributed by atoms with E-state index in [-0.39, 0.29) is 0 Å². The Hall–Kier alpha value is -1.82. The van der Waals surface area contributed by atoms with Gasteiger partial charge in [0.2, 0.25) is 5.95 Å². The van der Waals surface area contributed by atoms with E-state index >= 15 is 0 Å². The molecule has 0 unspecified atom stereocenters. The van der Waals surface area contributed by atoms with Crippen LogP contribution in [0.25, 0.3) is 11.1 Å². The van der Waals surface area contributed by atoms with Gasteiger partial charge in [0.05, 0.1) is 0 Å². The van der Waals surface area contributed by atoms with Gasteiger partial charge in [-0.2, -0.15) is 4.98 Å². The van der Waals surface area contributed by atoms with Crippen molar-refractivity contribution in [1.82, 2.24) is 15.3 Å². The lowest BCUT2D eigenvalue weighted by atomic mass is 10.2. The summed E-state index contributed by atoms with van der Waals surface area (Å²) in [6.45, 7) is 1.91. The van der Waals surface area contributed by atoms with Gasteiger partial charge in [0.1, 0.15) is 11.3 Å². The summed E-state index contributed by atoms with van der Waals surface area (Å²) >= 11 is 0. The molecular formula is C14H19N5O. The quantitative estimate of drug-likeness (QED) is 0.852. The molecule has 2 aromatic heterocycles. The molecule has 3 N–H and O–H groups in total. The van der Waals surface area contributed by atoms with Crippen LogP contribution >= 0.6 is 0 Å². The number of nitrogens with one attached hydrogen (secondary N) is 1. The Balaban J connectivity index is 1.83. The average molecular weight is 273 g/mol. The Morgan fingerprint density at radius 3 is 3.05 bits per heavy atom. The average Bonchev–Trinajstić information content (AvgIpc) is 3.13. The Kier molecular flexibility index (Phi) is 2.60. The van der Waals surface area contributed by atoms with Gasteiger partial charge in [0.15, 0.2) is 11.4 Å². The molecule has 0 bridgehead atoms. The third-order valence-electron chi connectivity index (χ3n) is 4.44. The first-order chi connectivity index (χ1) is 9.76. The molecule has 1 fully saturated rings. The number of nitrogens with zero attached hydrogens (tertiary/aromatic N) is 3. The van der Waals surface area contributed by atoms with E-state index in [4.69, 9.17) is 10.2 Å². The van der Waals surface area contributed by atoms with Crippen molar-refractivity contribution in [3.8, 4) is 0 Å². The molecular weight excluding hydrogens is 254 g/mol. The number of fused-ring (bicyclic) bond motifs is 3. The molecule has 1 atom stereocenters. The lowest BCUT2D eigenvalue weighted by Crippen LogP contribution is -2.30. The molecule has 0 amide bonds. The van der Waals surface area contributed by atoms with Gasteiger partial charge in [0.25, 0.3) is 0 Å². The highest BCUT2D eigenvalue weighted by Gasteiger charge is 2.29. The van der Waals surface area contributed by atoms with Crippen LogP contribution in [-0.2, 0) is 12.8 Å². The number of anilines is 2. The molecule has 6 heteroatoms. The summed E-state index contributed by atoms with van der Waals surface area (Å²) in [5, 5.41) is 3.32. The van der Waals surface area contributed by atoms with Crippen molar-refractivity contribution in [2.24, 2.45) is 0 Å². The number of aromatic nitrogens is 2. The van der Waals surface area contributed by atoms with Crippen molar-refractivity contribution in [3.63, 3.8) is 0 Å². The highest BCUT2D eigenvalue weighted by Crippen LogP contribution is 2.36. The second kappa shape index (κ2) is 4.34. The van der Waals surface area contributed by atoms with Crippen LogP contribution in [0.15, 0.2) is 4.42 Å². The summed E-state index contributed by atoms with van der Waals surface area (Å²) in [6, 6.07) is 0.503. The van der Waals surface area contributed by atoms with E-state index in [0.717, 1.165) is 61.5 Å². The van der Waals surface area contributed by atoms with Gasteiger partial charge in [-0.3, -0.25) is 0 Å². The fraction of sp³-hybridized carbons (Fsp3) is 0.571. The van der Waals surface area contributed by atoms with E-state index in [1.165, 1.54) is 5.56 Å². The summed E-state index contributed by atoms with van der Waals surface area (Å²) in [5.74, 6) is 2.28. The predicted molar refractivity (Wildman–Crippen MR) is 77.9 cm³/mol. The van der Waals surface area contributed by atoms with Gasteiger partial charge < -0.3 is 20.4 Å². The van der Waals surface area contributed by atoms with Crippen LogP contribution in [0.4, 0.5) is 11.8 Å². The van der Waals surface area contributed by atoms with Gasteiger partial charge in [0, 0.05) is 31.1 Å². The largest absolute Gasteiger partial charge is 0.455 e. The molecule has 0 spiro atoms. The smallest absolute Gasteiger partial charge is 0.222 e. The maximum Gasteiger partial charge on any atom is 0.222 e. The number of aryl methyl sites for hydroxylation is 2. The summed E-state index contributed by atoms with van der Waals surface area (Å²) in [4.78, 5) is 11.1. The summed E-state index contributed by atoms with van der Waals surface area (Å²) in [7, 11) is 2.00. The van der Waals surface area contributed by atoms with Crippen LogP contribution in [0.5, 0.6) is 0 Å². The van der Waals surface area contributed by atoms with Crippen molar-refractivity contribution in [3.05, 3.63) is 11.3 Å². The van der Waals surface area contributed by atoms with E-state index in [1.54, 1.807) is 0 Å². The zero-order valence-corrected chi connectivity index (χ0v) is 11.6.